The maximum atomic E-state index is 13.8. The number of nitrogens with two attached hydrogens (primary N) is 1. The lowest BCUT2D eigenvalue weighted by molar-refractivity contribution is 0.0766. The highest BCUT2D eigenvalue weighted by Crippen LogP contribution is 2.45. The number of nitrogens with zero attached hydrogens (tertiary/aromatic N) is 5. The molecule has 1 saturated carbocycles. The van der Waals surface area contributed by atoms with Crippen molar-refractivity contribution in [2.75, 3.05) is 18.8 Å². The second-order valence-corrected chi connectivity index (χ2v) is 9.67. The van der Waals surface area contributed by atoms with Crippen LogP contribution in [0.1, 0.15) is 42.5 Å². The summed E-state index contributed by atoms with van der Waals surface area (Å²) in [6.45, 7) is 2.02. The Balaban J connectivity index is 1.18. The molecule has 2 aromatic heterocycles. The van der Waals surface area contributed by atoms with Crippen LogP contribution < -0.4 is 11.1 Å². The van der Waals surface area contributed by atoms with E-state index in [4.69, 9.17) is 10.8 Å². The van der Waals surface area contributed by atoms with E-state index in [2.05, 4.69) is 16.4 Å². The van der Waals surface area contributed by atoms with Gasteiger partial charge in [0.25, 0.3) is 0 Å². The molecule has 3 N–H and O–H groups in total. The molecule has 3 aliphatic rings. The first kappa shape index (κ1) is 20.7. The van der Waals surface area contributed by atoms with Gasteiger partial charge in [0, 0.05) is 42.5 Å². The number of carbonyl (C=O) groups excluding carboxylic acids is 1. The van der Waals surface area contributed by atoms with Crippen molar-refractivity contribution in [2.45, 2.75) is 43.2 Å². The number of halogens is 1. The summed E-state index contributed by atoms with van der Waals surface area (Å²) in [6.07, 6.45) is 5.20. The molecule has 8 nitrogen and oxygen atoms in total. The number of hydrogen-bond donors (Lipinski definition) is 2. The summed E-state index contributed by atoms with van der Waals surface area (Å²) in [4.78, 5) is 19.1. The molecule has 0 atom stereocenters. The zero-order valence-electron chi connectivity index (χ0n) is 18.6. The minimum atomic E-state index is -0.479. The fraction of sp³-hybridized carbons (Fsp3) is 0.360. The Morgan fingerprint density at radius 2 is 2.03 bits per heavy atom. The third-order valence-corrected chi connectivity index (χ3v) is 7.66. The minimum Gasteiger partial charge on any atom is -0.383 e. The van der Waals surface area contributed by atoms with E-state index in [1.165, 1.54) is 12.1 Å². The number of nitrogen functional groups attached to an aromatic ring is 1. The summed E-state index contributed by atoms with van der Waals surface area (Å²) >= 11 is 0. The topological polar surface area (TPSA) is 113 Å². The van der Waals surface area contributed by atoms with E-state index in [1.807, 2.05) is 21.7 Å². The van der Waals surface area contributed by atoms with Crippen LogP contribution >= 0.6 is 0 Å². The number of aryl methyl sites for hydroxylation is 1. The van der Waals surface area contributed by atoms with Crippen LogP contribution in [-0.2, 0) is 17.5 Å². The molecule has 2 fully saturated rings. The Morgan fingerprint density at radius 1 is 1.21 bits per heavy atom. The van der Waals surface area contributed by atoms with Crippen molar-refractivity contribution in [2.24, 2.45) is 0 Å². The van der Waals surface area contributed by atoms with E-state index >= 15 is 0 Å². The summed E-state index contributed by atoms with van der Waals surface area (Å²) in [6, 6.07) is 12.2. The number of rotatable bonds is 3. The molecule has 1 aliphatic carbocycles. The number of anilines is 1. The summed E-state index contributed by atoms with van der Waals surface area (Å²) in [5.74, 6) is -0.0771. The second kappa shape index (κ2) is 7.29. The molecule has 172 valence electrons. The van der Waals surface area contributed by atoms with E-state index < -0.39 is 5.54 Å². The molecule has 4 heterocycles. The smallest absolute Gasteiger partial charge is 0.318 e. The lowest BCUT2D eigenvalue weighted by Crippen LogP contribution is -2.65. The summed E-state index contributed by atoms with van der Waals surface area (Å²) < 4.78 is 15.8. The third-order valence-electron chi connectivity index (χ3n) is 7.66. The highest BCUT2D eigenvalue weighted by atomic mass is 19.1. The Bertz CT molecular complexity index is 1350. The van der Waals surface area contributed by atoms with E-state index in [-0.39, 0.29) is 23.1 Å². The van der Waals surface area contributed by atoms with Crippen LogP contribution in [0.4, 0.5) is 15.0 Å². The number of pyridine rings is 1. The fourth-order valence-electron chi connectivity index (χ4n) is 5.54. The van der Waals surface area contributed by atoms with Crippen LogP contribution in [0.15, 0.2) is 42.6 Å². The fourth-order valence-corrected chi connectivity index (χ4v) is 5.54. The molecular formula is C25H24FN7O. The summed E-state index contributed by atoms with van der Waals surface area (Å²) in [7, 11) is 0. The molecule has 1 spiro atoms. The van der Waals surface area contributed by atoms with Gasteiger partial charge in [0.05, 0.1) is 16.8 Å². The molecular weight excluding hydrogens is 433 g/mol. The molecule has 6 rings (SSSR count). The molecule has 0 bridgehead atoms. The minimum absolute atomic E-state index is 0.103. The number of urea groups is 1. The van der Waals surface area contributed by atoms with E-state index in [0.29, 0.717) is 18.7 Å². The van der Waals surface area contributed by atoms with Gasteiger partial charge in [0.2, 0.25) is 0 Å². The quantitative estimate of drug-likeness (QED) is 0.627. The Kier molecular flexibility index (Phi) is 4.43. The van der Waals surface area contributed by atoms with Crippen molar-refractivity contribution < 1.29 is 9.18 Å². The van der Waals surface area contributed by atoms with E-state index in [1.54, 1.807) is 18.3 Å². The number of nitriles is 1. The number of carbonyl (C=O) groups is 1. The predicted octanol–water partition coefficient (Wildman–Crippen LogP) is 3.28. The van der Waals surface area contributed by atoms with Gasteiger partial charge in [0.1, 0.15) is 17.7 Å². The predicted molar refractivity (Wildman–Crippen MR) is 123 cm³/mol. The van der Waals surface area contributed by atoms with Crippen molar-refractivity contribution in [3.63, 3.8) is 0 Å². The molecule has 1 saturated heterocycles. The van der Waals surface area contributed by atoms with Gasteiger partial charge in [-0.3, -0.25) is 4.68 Å². The van der Waals surface area contributed by atoms with Gasteiger partial charge in [-0.2, -0.15) is 10.4 Å². The standard InChI is InChI=1S/C25H24FN7O/c26-19-4-1-3-18(10-19)25(5-2-6-25)30-23(34)32-14-24(15-32)7-8-33-21(24)11-20(31-33)17-9-16(12-27)22(28)29-13-17/h1,3-4,9-11,13H,2,5-8,14-15H2,(H2,28,29)(H,30,34). The van der Waals surface area contributed by atoms with Crippen LogP contribution in [0.25, 0.3) is 11.3 Å². The largest absolute Gasteiger partial charge is 0.383 e. The molecule has 34 heavy (non-hydrogen) atoms. The van der Waals surface area contributed by atoms with Gasteiger partial charge in [-0.05, 0) is 55.5 Å². The van der Waals surface area contributed by atoms with Gasteiger partial charge in [-0.25, -0.2) is 14.2 Å². The van der Waals surface area contributed by atoms with Crippen molar-refractivity contribution in [1.29, 1.82) is 5.26 Å². The monoisotopic (exact) mass is 457 g/mol. The molecule has 0 unspecified atom stereocenters. The molecule has 9 heteroatoms. The maximum Gasteiger partial charge on any atom is 0.318 e. The zero-order chi connectivity index (χ0) is 23.5. The lowest BCUT2D eigenvalue weighted by Gasteiger charge is -2.50. The molecule has 1 aromatic carbocycles. The number of hydrogen-bond acceptors (Lipinski definition) is 5. The van der Waals surface area contributed by atoms with E-state index in [0.717, 1.165) is 54.7 Å². The normalized spacial score (nSPS) is 19.1. The first-order valence-corrected chi connectivity index (χ1v) is 11.5. The molecule has 3 aromatic rings. The number of amides is 2. The zero-order valence-corrected chi connectivity index (χ0v) is 18.6. The SMILES string of the molecule is N#Cc1cc(-c2cc3n(n2)CCC32CN(C(=O)NC3(c4cccc(F)c4)CCC3)C2)cnc1N. The highest BCUT2D eigenvalue weighted by molar-refractivity contribution is 5.77. The Hall–Kier alpha value is -3.93. The van der Waals surface area contributed by atoms with Crippen LogP contribution in [0.2, 0.25) is 0 Å². The number of benzene rings is 1. The summed E-state index contributed by atoms with van der Waals surface area (Å²) in [5.41, 5.74) is 8.92. The number of fused-ring (bicyclic) bond motifs is 2. The van der Waals surface area contributed by atoms with Crippen molar-refractivity contribution in [1.82, 2.24) is 25.0 Å². The third kappa shape index (κ3) is 3.05. The molecule has 2 aliphatic heterocycles. The van der Waals surface area contributed by atoms with Crippen LogP contribution in [-0.4, -0.2) is 38.8 Å². The van der Waals surface area contributed by atoms with Gasteiger partial charge in [-0.15, -0.1) is 0 Å². The second-order valence-electron chi connectivity index (χ2n) is 9.67. The Labute approximate surface area is 196 Å². The van der Waals surface area contributed by atoms with Crippen molar-refractivity contribution in [3.8, 4) is 17.3 Å². The van der Waals surface area contributed by atoms with Gasteiger partial charge >= 0.3 is 6.03 Å². The number of aromatic nitrogens is 3. The van der Waals surface area contributed by atoms with E-state index in [9.17, 15) is 14.4 Å². The van der Waals surface area contributed by atoms with Gasteiger partial charge in [-0.1, -0.05) is 12.1 Å². The van der Waals surface area contributed by atoms with Crippen LogP contribution in [0.5, 0.6) is 0 Å². The van der Waals surface area contributed by atoms with Crippen LogP contribution in [0.3, 0.4) is 0 Å². The average Bonchev–Trinajstić information content (AvgIpc) is 3.35. The van der Waals surface area contributed by atoms with Gasteiger partial charge < -0.3 is 16.0 Å². The highest BCUT2D eigenvalue weighted by Gasteiger charge is 2.52. The van der Waals surface area contributed by atoms with Crippen molar-refractivity contribution in [3.05, 3.63) is 65.2 Å². The summed E-state index contributed by atoms with van der Waals surface area (Å²) in [5, 5.41) is 17.2. The van der Waals surface area contributed by atoms with Crippen LogP contribution in [0, 0.1) is 17.1 Å². The lowest BCUT2D eigenvalue weighted by atomic mass is 9.71. The number of likely N-dealkylation sites (tertiary alicyclic amines) is 1. The van der Waals surface area contributed by atoms with Gasteiger partial charge in [0.15, 0.2) is 0 Å². The first-order chi connectivity index (χ1) is 16.4. The molecule has 2 amide bonds. The number of nitrogens with one attached hydrogen (secondary N) is 1. The average molecular weight is 458 g/mol. The maximum absolute atomic E-state index is 13.8. The molecule has 0 radical (unpaired) electrons. The Morgan fingerprint density at radius 3 is 2.74 bits per heavy atom. The first-order valence-electron chi connectivity index (χ1n) is 11.5. The van der Waals surface area contributed by atoms with Crippen molar-refractivity contribution >= 4 is 11.8 Å².